The van der Waals surface area contributed by atoms with E-state index >= 15 is 0 Å². The molecule has 2 rings (SSSR count). The highest BCUT2D eigenvalue weighted by Crippen LogP contribution is 2.54. The van der Waals surface area contributed by atoms with Gasteiger partial charge in [-0.2, -0.15) is 0 Å². The van der Waals surface area contributed by atoms with E-state index in [0.29, 0.717) is 13.0 Å². The van der Waals surface area contributed by atoms with Crippen LogP contribution in [-0.4, -0.2) is 24.2 Å². The van der Waals surface area contributed by atoms with Crippen LogP contribution in [0.5, 0.6) is 5.75 Å². The van der Waals surface area contributed by atoms with E-state index in [-0.39, 0.29) is 12.5 Å². The van der Waals surface area contributed by atoms with Gasteiger partial charge in [0.05, 0.1) is 12.0 Å². The number of hydrogen-bond donors (Lipinski definition) is 2. The Hall–Kier alpha value is -1.55. The van der Waals surface area contributed by atoms with Gasteiger partial charge in [-0.3, -0.25) is 4.79 Å². The SMILES string of the molecule is NCC1(C(=O)O)CC1CCCOc1ccccc1. The molecular weight excluding hydrogens is 230 g/mol. The number of aliphatic carboxylic acids is 1. The Bertz CT molecular complexity index is 407. The predicted molar refractivity (Wildman–Crippen MR) is 68.4 cm³/mol. The van der Waals surface area contributed by atoms with Crippen molar-refractivity contribution in [1.82, 2.24) is 0 Å². The summed E-state index contributed by atoms with van der Waals surface area (Å²) in [5, 5.41) is 9.10. The summed E-state index contributed by atoms with van der Waals surface area (Å²) in [5.74, 6) is 0.329. The second-order valence-electron chi connectivity index (χ2n) is 4.87. The van der Waals surface area contributed by atoms with Crippen molar-refractivity contribution in [2.75, 3.05) is 13.2 Å². The Morgan fingerprint density at radius 2 is 2.17 bits per heavy atom. The zero-order valence-corrected chi connectivity index (χ0v) is 10.3. The number of benzene rings is 1. The highest BCUT2D eigenvalue weighted by molar-refractivity contribution is 5.78. The molecule has 4 heteroatoms. The van der Waals surface area contributed by atoms with Crippen LogP contribution in [0.1, 0.15) is 19.3 Å². The first kappa shape index (κ1) is 12.9. The fraction of sp³-hybridized carbons (Fsp3) is 0.500. The lowest BCUT2D eigenvalue weighted by Crippen LogP contribution is -2.27. The Kier molecular flexibility index (Phi) is 3.87. The van der Waals surface area contributed by atoms with Crippen molar-refractivity contribution in [2.45, 2.75) is 19.3 Å². The lowest BCUT2D eigenvalue weighted by atomic mass is 10.0. The highest BCUT2D eigenvalue weighted by atomic mass is 16.5. The molecule has 2 unspecified atom stereocenters. The van der Waals surface area contributed by atoms with Crippen LogP contribution in [0.4, 0.5) is 0 Å². The van der Waals surface area contributed by atoms with E-state index in [1.165, 1.54) is 0 Å². The van der Waals surface area contributed by atoms with E-state index in [9.17, 15) is 4.79 Å². The summed E-state index contributed by atoms with van der Waals surface area (Å²) < 4.78 is 5.57. The van der Waals surface area contributed by atoms with Gasteiger partial charge in [-0.25, -0.2) is 0 Å². The molecule has 98 valence electrons. The molecule has 0 radical (unpaired) electrons. The minimum Gasteiger partial charge on any atom is -0.494 e. The molecule has 0 saturated heterocycles. The van der Waals surface area contributed by atoms with E-state index in [4.69, 9.17) is 15.6 Å². The summed E-state index contributed by atoms with van der Waals surface area (Å²) in [6, 6.07) is 9.64. The molecule has 0 spiro atoms. The predicted octanol–water partition coefficient (Wildman–Crippen LogP) is 1.90. The average Bonchev–Trinajstić information content (AvgIpc) is 3.11. The summed E-state index contributed by atoms with van der Waals surface area (Å²) in [4.78, 5) is 11.1. The molecule has 0 amide bonds. The van der Waals surface area contributed by atoms with Crippen molar-refractivity contribution in [3.05, 3.63) is 30.3 Å². The fourth-order valence-electron chi connectivity index (χ4n) is 2.39. The van der Waals surface area contributed by atoms with E-state index < -0.39 is 11.4 Å². The highest BCUT2D eigenvalue weighted by Gasteiger charge is 2.58. The van der Waals surface area contributed by atoms with Crippen LogP contribution in [0, 0.1) is 11.3 Å². The zero-order valence-electron chi connectivity index (χ0n) is 10.3. The van der Waals surface area contributed by atoms with Gasteiger partial charge in [0.2, 0.25) is 0 Å². The maximum Gasteiger partial charge on any atom is 0.311 e. The van der Waals surface area contributed by atoms with Crippen LogP contribution in [-0.2, 0) is 4.79 Å². The minimum absolute atomic E-state index is 0.222. The molecule has 3 N–H and O–H groups in total. The quantitative estimate of drug-likeness (QED) is 0.724. The van der Waals surface area contributed by atoms with E-state index in [1.54, 1.807) is 0 Å². The van der Waals surface area contributed by atoms with Gasteiger partial charge in [-0.1, -0.05) is 18.2 Å². The maximum atomic E-state index is 11.1. The molecule has 1 aliphatic carbocycles. The molecule has 18 heavy (non-hydrogen) atoms. The second-order valence-corrected chi connectivity index (χ2v) is 4.87. The molecule has 1 aromatic carbocycles. The summed E-state index contributed by atoms with van der Waals surface area (Å²) in [5.41, 5.74) is 4.90. The van der Waals surface area contributed by atoms with Crippen LogP contribution in [0.15, 0.2) is 30.3 Å². The summed E-state index contributed by atoms with van der Waals surface area (Å²) in [6.07, 6.45) is 2.45. The van der Waals surface area contributed by atoms with Gasteiger partial charge in [0.25, 0.3) is 0 Å². The molecule has 1 fully saturated rings. The molecule has 0 bridgehead atoms. The average molecular weight is 249 g/mol. The molecule has 0 aliphatic heterocycles. The molecule has 0 heterocycles. The normalized spacial score (nSPS) is 25.7. The van der Waals surface area contributed by atoms with Gasteiger partial charge in [0, 0.05) is 6.54 Å². The molecular formula is C14H19NO3. The Morgan fingerprint density at radius 3 is 2.72 bits per heavy atom. The smallest absolute Gasteiger partial charge is 0.311 e. The van der Waals surface area contributed by atoms with Crippen molar-refractivity contribution in [1.29, 1.82) is 0 Å². The van der Waals surface area contributed by atoms with E-state index in [0.717, 1.165) is 18.6 Å². The van der Waals surface area contributed by atoms with Crippen LogP contribution < -0.4 is 10.5 Å². The molecule has 0 aromatic heterocycles. The van der Waals surface area contributed by atoms with Crippen LogP contribution in [0.3, 0.4) is 0 Å². The summed E-state index contributed by atoms with van der Waals surface area (Å²) in [7, 11) is 0. The monoisotopic (exact) mass is 249 g/mol. The number of carbonyl (C=O) groups is 1. The fourth-order valence-corrected chi connectivity index (χ4v) is 2.39. The number of carboxylic acid groups (broad SMARTS) is 1. The summed E-state index contributed by atoms with van der Waals surface area (Å²) in [6.45, 7) is 0.868. The standard InChI is InChI=1S/C14H19NO3/c15-10-14(13(16)17)9-11(14)5-4-8-18-12-6-2-1-3-7-12/h1-3,6-7,11H,4-5,8-10,15H2,(H,16,17). The Morgan fingerprint density at radius 1 is 1.44 bits per heavy atom. The largest absolute Gasteiger partial charge is 0.494 e. The Labute approximate surface area is 107 Å². The molecule has 4 nitrogen and oxygen atoms in total. The van der Waals surface area contributed by atoms with E-state index in [2.05, 4.69) is 0 Å². The maximum absolute atomic E-state index is 11.1. The van der Waals surface area contributed by atoms with Crippen LogP contribution in [0.2, 0.25) is 0 Å². The van der Waals surface area contributed by atoms with Gasteiger partial charge >= 0.3 is 5.97 Å². The second kappa shape index (κ2) is 5.40. The molecule has 2 atom stereocenters. The van der Waals surface area contributed by atoms with Gasteiger partial charge in [0.1, 0.15) is 5.75 Å². The first-order valence-corrected chi connectivity index (χ1v) is 6.30. The number of para-hydroxylation sites is 1. The van der Waals surface area contributed by atoms with Gasteiger partial charge in [-0.05, 0) is 37.3 Å². The molecule has 1 aliphatic rings. The third kappa shape index (κ3) is 2.64. The third-order valence-electron chi connectivity index (χ3n) is 3.73. The number of nitrogens with two attached hydrogens (primary N) is 1. The van der Waals surface area contributed by atoms with Gasteiger partial charge in [0.15, 0.2) is 0 Å². The number of rotatable bonds is 7. The molecule has 1 saturated carbocycles. The molecule has 1 aromatic rings. The van der Waals surface area contributed by atoms with Crippen molar-refractivity contribution in [2.24, 2.45) is 17.1 Å². The van der Waals surface area contributed by atoms with Gasteiger partial charge < -0.3 is 15.6 Å². The lowest BCUT2D eigenvalue weighted by Gasteiger charge is -2.09. The number of hydrogen-bond acceptors (Lipinski definition) is 3. The first-order valence-electron chi connectivity index (χ1n) is 6.30. The van der Waals surface area contributed by atoms with Gasteiger partial charge in [-0.15, -0.1) is 0 Å². The number of carboxylic acids is 1. The third-order valence-corrected chi connectivity index (χ3v) is 3.73. The van der Waals surface area contributed by atoms with Crippen molar-refractivity contribution >= 4 is 5.97 Å². The number of ether oxygens (including phenoxy) is 1. The van der Waals surface area contributed by atoms with Crippen LogP contribution in [0.25, 0.3) is 0 Å². The Balaban J connectivity index is 1.67. The van der Waals surface area contributed by atoms with Crippen molar-refractivity contribution in [3.63, 3.8) is 0 Å². The van der Waals surface area contributed by atoms with Crippen molar-refractivity contribution in [3.8, 4) is 5.75 Å². The topological polar surface area (TPSA) is 72.6 Å². The lowest BCUT2D eigenvalue weighted by molar-refractivity contribution is -0.143. The van der Waals surface area contributed by atoms with E-state index in [1.807, 2.05) is 30.3 Å². The van der Waals surface area contributed by atoms with Crippen molar-refractivity contribution < 1.29 is 14.6 Å². The van der Waals surface area contributed by atoms with Crippen LogP contribution >= 0.6 is 0 Å². The zero-order chi connectivity index (χ0) is 13.0. The first-order chi connectivity index (χ1) is 8.69. The minimum atomic E-state index is -0.751. The summed E-state index contributed by atoms with van der Waals surface area (Å²) >= 11 is 0.